The van der Waals surface area contributed by atoms with Crippen LogP contribution in [0, 0.1) is 5.41 Å². The molecule has 2 aromatic rings. The van der Waals surface area contributed by atoms with Gasteiger partial charge in [-0.1, -0.05) is 30.7 Å². The van der Waals surface area contributed by atoms with Crippen molar-refractivity contribution in [1.29, 1.82) is 5.41 Å². The van der Waals surface area contributed by atoms with Crippen LogP contribution in [0.15, 0.2) is 41.7 Å². The number of rotatable bonds is 4. The molecule has 1 aliphatic heterocycles. The molecule has 0 bridgehead atoms. The van der Waals surface area contributed by atoms with Crippen molar-refractivity contribution in [1.82, 2.24) is 14.9 Å². The largest absolute Gasteiger partial charge is 0.581 e. The van der Waals surface area contributed by atoms with E-state index in [1.807, 2.05) is 12.1 Å². The lowest BCUT2D eigenvalue weighted by Gasteiger charge is -2.41. The minimum atomic E-state index is -0.365. The standard InChI is InChI=1S/C22H28N6O/c1-28-12-3-2-5-18(28)19(29)27-20(23)22(10-4-11-22)17-8-6-15(7-9-17)16-13-25-21(24)26-14-16/h6-9,13-14,18H,2-5,10-12H2,1H3,(H2,23,27,29)(H2,24,25,26)/p+1. The molecule has 1 saturated carbocycles. The second-order valence-corrected chi connectivity index (χ2v) is 8.18. The monoisotopic (exact) mass is 393 g/mol. The number of likely N-dealkylation sites (N-methyl/N-ethyl adjacent to an activating group) is 1. The molecule has 1 atom stereocenters. The Kier molecular flexibility index (Phi) is 5.32. The maximum atomic E-state index is 8.73. The summed E-state index contributed by atoms with van der Waals surface area (Å²) in [4.78, 5) is 14.8. The lowest BCUT2D eigenvalue weighted by Crippen LogP contribution is -2.45. The number of nitrogens with two attached hydrogens (primary N) is 1. The second-order valence-electron chi connectivity index (χ2n) is 8.18. The average molecular weight is 394 g/mol. The Labute approximate surface area is 171 Å². The number of likely N-dealkylation sites (tertiary alicyclic amines) is 1. The van der Waals surface area contributed by atoms with Crippen molar-refractivity contribution in [3.05, 3.63) is 42.2 Å². The van der Waals surface area contributed by atoms with Gasteiger partial charge in [0.2, 0.25) is 5.95 Å². The van der Waals surface area contributed by atoms with Gasteiger partial charge in [-0.15, -0.1) is 0 Å². The first-order valence-corrected chi connectivity index (χ1v) is 10.3. The van der Waals surface area contributed by atoms with Gasteiger partial charge in [0.1, 0.15) is 11.9 Å². The lowest BCUT2D eigenvalue weighted by atomic mass is 9.63. The molecule has 29 heavy (non-hydrogen) atoms. The number of amidine groups is 1. The number of benzene rings is 1. The Morgan fingerprint density at radius 2 is 1.83 bits per heavy atom. The molecule has 1 aliphatic carbocycles. The smallest absolute Gasteiger partial charge is 0.350 e. The van der Waals surface area contributed by atoms with Gasteiger partial charge in [-0.2, -0.15) is 4.99 Å². The van der Waals surface area contributed by atoms with Crippen LogP contribution in [-0.4, -0.2) is 51.3 Å². The zero-order valence-corrected chi connectivity index (χ0v) is 16.9. The third-order valence-corrected chi connectivity index (χ3v) is 6.42. The number of hydrogen-bond acceptors (Lipinski definition) is 5. The van der Waals surface area contributed by atoms with E-state index in [-0.39, 0.29) is 17.4 Å². The first-order valence-electron chi connectivity index (χ1n) is 10.3. The highest BCUT2D eigenvalue weighted by Crippen LogP contribution is 2.45. The Morgan fingerprint density at radius 1 is 1.14 bits per heavy atom. The van der Waals surface area contributed by atoms with Crippen molar-refractivity contribution in [2.45, 2.75) is 50.0 Å². The van der Waals surface area contributed by atoms with E-state index in [4.69, 9.17) is 16.2 Å². The topological polar surface area (TPSA) is 114 Å². The maximum Gasteiger partial charge on any atom is 0.350 e. The molecule has 1 saturated heterocycles. The normalized spacial score (nSPS) is 22.1. The van der Waals surface area contributed by atoms with E-state index < -0.39 is 0 Å². The molecular formula is C22H29N6O+. The minimum Gasteiger partial charge on any atom is -0.581 e. The predicted octanol–water partition coefficient (Wildman–Crippen LogP) is 2.73. The van der Waals surface area contributed by atoms with Gasteiger partial charge in [-0.3, -0.25) is 10.3 Å². The van der Waals surface area contributed by atoms with E-state index in [0.717, 1.165) is 55.3 Å². The summed E-state index contributed by atoms with van der Waals surface area (Å²) in [5.41, 5.74) is 8.23. The average Bonchev–Trinajstić information content (AvgIpc) is 2.68. The van der Waals surface area contributed by atoms with Gasteiger partial charge in [0.25, 0.3) is 0 Å². The summed E-state index contributed by atoms with van der Waals surface area (Å²) in [5.74, 6) is 0.926. The molecule has 5 N–H and O–H groups in total. The number of nitrogens with zero attached hydrogens (tertiary/aromatic N) is 4. The van der Waals surface area contributed by atoms with Gasteiger partial charge in [0.15, 0.2) is 0 Å². The third kappa shape index (κ3) is 3.74. The van der Waals surface area contributed by atoms with Crippen LogP contribution in [0.5, 0.6) is 0 Å². The highest BCUT2D eigenvalue weighted by Gasteiger charge is 2.44. The molecule has 0 amide bonds. The number of aliphatic imine (C=N–C) groups is 1. The molecule has 1 aromatic carbocycles. The van der Waals surface area contributed by atoms with Crippen molar-refractivity contribution in [2.75, 3.05) is 19.3 Å². The molecule has 2 heterocycles. The van der Waals surface area contributed by atoms with Crippen LogP contribution in [0.3, 0.4) is 0 Å². The molecule has 4 rings (SSSR count). The summed E-state index contributed by atoms with van der Waals surface area (Å²) in [6.07, 6.45) is 9.60. The molecule has 0 spiro atoms. The molecular weight excluding hydrogens is 364 g/mol. The zero-order valence-electron chi connectivity index (χ0n) is 16.9. The minimum absolute atomic E-state index is 0.0362. The van der Waals surface area contributed by atoms with Crippen LogP contribution in [-0.2, 0) is 5.41 Å². The molecule has 1 aromatic heterocycles. The SMILES string of the molecule is CN1CCCCC1C([OH2+])=NC(=N)C1(c2ccc(-c3cnc(N)nc3)cc2)CCC1. The molecule has 152 valence electrons. The molecule has 7 nitrogen and oxygen atoms in total. The van der Waals surface area contributed by atoms with Gasteiger partial charge in [-0.05, 0) is 56.8 Å². The highest BCUT2D eigenvalue weighted by molar-refractivity contribution is 6.00. The van der Waals surface area contributed by atoms with Crippen molar-refractivity contribution in [3.63, 3.8) is 0 Å². The molecule has 7 heteroatoms. The Bertz CT molecular complexity index is 902. The van der Waals surface area contributed by atoms with Gasteiger partial charge < -0.3 is 10.8 Å². The zero-order chi connectivity index (χ0) is 20.4. The first kappa shape index (κ1) is 19.5. The first-order chi connectivity index (χ1) is 14.0. The summed E-state index contributed by atoms with van der Waals surface area (Å²) in [7, 11) is 2.05. The van der Waals surface area contributed by atoms with E-state index in [1.165, 1.54) is 6.42 Å². The second kappa shape index (κ2) is 7.91. The van der Waals surface area contributed by atoms with Crippen molar-refractivity contribution in [3.8, 4) is 11.1 Å². The number of nitrogens with one attached hydrogen (secondary N) is 1. The number of aromatic nitrogens is 2. The van der Waals surface area contributed by atoms with Gasteiger partial charge in [-0.25, -0.2) is 9.97 Å². The van der Waals surface area contributed by atoms with Crippen LogP contribution < -0.4 is 5.73 Å². The van der Waals surface area contributed by atoms with E-state index in [9.17, 15) is 0 Å². The van der Waals surface area contributed by atoms with Crippen molar-refractivity contribution < 1.29 is 5.11 Å². The van der Waals surface area contributed by atoms with Crippen LogP contribution in [0.25, 0.3) is 11.1 Å². The summed E-state index contributed by atoms with van der Waals surface area (Å²) < 4.78 is 0. The van der Waals surface area contributed by atoms with E-state index >= 15 is 0 Å². The van der Waals surface area contributed by atoms with Crippen LogP contribution in [0.2, 0.25) is 0 Å². The van der Waals surface area contributed by atoms with Gasteiger partial charge in [0, 0.05) is 18.0 Å². The molecule has 2 aliphatic rings. The number of nitrogen functional groups attached to an aromatic ring is 1. The van der Waals surface area contributed by atoms with Crippen LogP contribution in [0.1, 0.15) is 44.1 Å². The van der Waals surface area contributed by atoms with E-state index in [0.29, 0.717) is 11.7 Å². The van der Waals surface area contributed by atoms with Gasteiger partial charge >= 0.3 is 5.90 Å². The quantitative estimate of drug-likeness (QED) is 0.472. The van der Waals surface area contributed by atoms with Gasteiger partial charge in [0.05, 0.1) is 5.41 Å². The van der Waals surface area contributed by atoms with Crippen LogP contribution in [0.4, 0.5) is 5.95 Å². The Balaban J connectivity index is 1.56. The summed E-state index contributed by atoms with van der Waals surface area (Å²) in [6, 6.07) is 8.26. The van der Waals surface area contributed by atoms with E-state index in [2.05, 4.69) is 39.0 Å². The molecule has 1 unspecified atom stereocenters. The fourth-order valence-corrected chi connectivity index (χ4v) is 4.38. The van der Waals surface area contributed by atoms with Crippen LogP contribution >= 0.6 is 0 Å². The summed E-state index contributed by atoms with van der Waals surface area (Å²) >= 11 is 0. The predicted molar refractivity (Wildman–Crippen MR) is 116 cm³/mol. The number of hydrogen-bond donors (Lipinski definition) is 2. The number of piperidine rings is 1. The Morgan fingerprint density at radius 3 is 2.41 bits per heavy atom. The maximum absolute atomic E-state index is 8.73. The number of anilines is 1. The molecule has 0 radical (unpaired) electrons. The Hall–Kier alpha value is -2.80. The van der Waals surface area contributed by atoms with Crippen molar-refractivity contribution in [2.24, 2.45) is 4.99 Å². The lowest BCUT2D eigenvalue weighted by molar-refractivity contribution is 0.217. The fraction of sp³-hybridized carbons (Fsp3) is 0.455. The fourth-order valence-electron chi connectivity index (χ4n) is 4.38. The molecule has 2 fully saturated rings. The van der Waals surface area contributed by atoms with Crippen molar-refractivity contribution >= 4 is 17.7 Å². The van der Waals surface area contributed by atoms with E-state index in [1.54, 1.807) is 12.4 Å². The third-order valence-electron chi connectivity index (χ3n) is 6.42. The summed E-state index contributed by atoms with van der Waals surface area (Å²) in [6.45, 7) is 0.997. The highest BCUT2D eigenvalue weighted by atomic mass is 16.3. The summed E-state index contributed by atoms with van der Waals surface area (Å²) in [5, 5.41) is 17.2.